The van der Waals surface area contributed by atoms with Gasteiger partial charge in [0, 0.05) is 25.8 Å². The number of anilines is 1. The zero-order chi connectivity index (χ0) is 11.5. The molecule has 6 nitrogen and oxygen atoms in total. The number of halogens is 1. The van der Waals surface area contributed by atoms with Gasteiger partial charge in [0.05, 0.1) is 0 Å². The number of aliphatic carboxylic acids is 1. The Morgan fingerprint density at radius 1 is 1.69 bits per heavy atom. The summed E-state index contributed by atoms with van der Waals surface area (Å²) < 4.78 is 0. The topological polar surface area (TPSA) is 78.3 Å². The third-order valence-corrected chi connectivity index (χ3v) is 2.59. The maximum Gasteiger partial charge on any atom is 0.322 e. The highest BCUT2D eigenvalue weighted by molar-refractivity contribution is 6.28. The van der Waals surface area contributed by atoms with E-state index in [4.69, 9.17) is 16.7 Å². The van der Waals surface area contributed by atoms with Crippen molar-refractivity contribution in [3.63, 3.8) is 0 Å². The van der Waals surface area contributed by atoms with E-state index in [0.717, 1.165) is 0 Å². The second-order valence-corrected chi connectivity index (χ2v) is 3.81. The molecule has 0 spiro atoms. The van der Waals surface area contributed by atoms with Crippen molar-refractivity contribution in [1.82, 2.24) is 15.3 Å². The van der Waals surface area contributed by atoms with Gasteiger partial charge in [0.1, 0.15) is 11.9 Å². The number of nitrogens with zero attached hydrogens (tertiary/aromatic N) is 3. The lowest BCUT2D eigenvalue weighted by molar-refractivity contribution is -0.139. The number of nitrogens with one attached hydrogen (secondary N) is 1. The molecule has 1 atom stereocenters. The maximum atomic E-state index is 10.9. The summed E-state index contributed by atoms with van der Waals surface area (Å²) in [4.78, 5) is 20.6. The molecule has 0 saturated carbocycles. The predicted octanol–water partition coefficient (Wildman–Crippen LogP) is -0.00720. The van der Waals surface area contributed by atoms with Crippen LogP contribution in [0.2, 0.25) is 5.28 Å². The van der Waals surface area contributed by atoms with E-state index in [1.165, 1.54) is 0 Å². The Balaban J connectivity index is 2.12. The van der Waals surface area contributed by atoms with Gasteiger partial charge in [-0.15, -0.1) is 0 Å². The van der Waals surface area contributed by atoms with E-state index in [0.29, 0.717) is 25.5 Å². The van der Waals surface area contributed by atoms with Crippen LogP contribution >= 0.6 is 11.6 Å². The molecule has 16 heavy (non-hydrogen) atoms. The second kappa shape index (κ2) is 4.63. The van der Waals surface area contributed by atoms with Crippen LogP contribution in [0.15, 0.2) is 12.3 Å². The van der Waals surface area contributed by atoms with Gasteiger partial charge in [0.2, 0.25) is 5.28 Å². The van der Waals surface area contributed by atoms with E-state index in [1.54, 1.807) is 12.3 Å². The molecule has 1 aromatic heterocycles. The number of carboxylic acid groups (broad SMARTS) is 1. The van der Waals surface area contributed by atoms with Crippen LogP contribution in [0.1, 0.15) is 0 Å². The Bertz CT molecular complexity index is 401. The normalized spacial score (nSPS) is 20.8. The average molecular weight is 243 g/mol. The number of carbonyl (C=O) groups is 1. The van der Waals surface area contributed by atoms with Crippen molar-refractivity contribution in [3.8, 4) is 0 Å². The first kappa shape index (κ1) is 11.1. The van der Waals surface area contributed by atoms with E-state index in [-0.39, 0.29) is 5.28 Å². The van der Waals surface area contributed by atoms with E-state index < -0.39 is 12.0 Å². The van der Waals surface area contributed by atoms with Crippen molar-refractivity contribution in [2.24, 2.45) is 0 Å². The molecule has 2 heterocycles. The largest absolute Gasteiger partial charge is 0.480 e. The smallest absolute Gasteiger partial charge is 0.322 e. The summed E-state index contributed by atoms with van der Waals surface area (Å²) in [5.41, 5.74) is 0. The molecule has 86 valence electrons. The van der Waals surface area contributed by atoms with Gasteiger partial charge in [-0.25, -0.2) is 9.97 Å². The molecule has 7 heteroatoms. The highest BCUT2D eigenvalue weighted by atomic mass is 35.5. The van der Waals surface area contributed by atoms with Crippen LogP contribution in [0.25, 0.3) is 0 Å². The van der Waals surface area contributed by atoms with Gasteiger partial charge in [-0.2, -0.15) is 0 Å². The Morgan fingerprint density at radius 2 is 2.50 bits per heavy atom. The third kappa shape index (κ3) is 2.40. The molecular formula is C9H11ClN4O2. The van der Waals surface area contributed by atoms with Crippen LogP contribution in [0.3, 0.4) is 0 Å². The quantitative estimate of drug-likeness (QED) is 0.711. The third-order valence-electron chi connectivity index (χ3n) is 2.41. The Hall–Kier alpha value is -1.40. The van der Waals surface area contributed by atoms with Crippen LogP contribution in [0.4, 0.5) is 5.82 Å². The zero-order valence-corrected chi connectivity index (χ0v) is 9.18. The molecule has 2 rings (SSSR count). The first-order valence-electron chi connectivity index (χ1n) is 4.86. The number of hydrogen-bond acceptors (Lipinski definition) is 5. The summed E-state index contributed by atoms with van der Waals surface area (Å²) in [6.45, 7) is 1.69. The number of carboxylic acids is 1. The van der Waals surface area contributed by atoms with Gasteiger partial charge in [-0.05, 0) is 17.7 Å². The van der Waals surface area contributed by atoms with Crippen LogP contribution in [0, 0.1) is 0 Å². The number of hydrogen-bond donors (Lipinski definition) is 2. The number of rotatable bonds is 2. The summed E-state index contributed by atoms with van der Waals surface area (Å²) in [6, 6.07) is 1.15. The standard InChI is InChI=1S/C9H11ClN4O2/c10-9-12-2-1-7(13-9)14-4-3-11-6(5-14)8(15)16/h1-2,6,11H,3-5H2,(H,15,16)/t6-/m1/s1. The molecule has 0 bridgehead atoms. The highest BCUT2D eigenvalue weighted by Gasteiger charge is 2.25. The van der Waals surface area contributed by atoms with Gasteiger partial charge in [-0.3, -0.25) is 4.79 Å². The van der Waals surface area contributed by atoms with Crippen molar-refractivity contribution >= 4 is 23.4 Å². The summed E-state index contributed by atoms with van der Waals surface area (Å²) in [5, 5.41) is 12.0. The lowest BCUT2D eigenvalue weighted by Crippen LogP contribution is -2.54. The lowest BCUT2D eigenvalue weighted by Gasteiger charge is -2.32. The van der Waals surface area contributed by atoms with E-state index in [2.05, 4.69) is 15.3 Å². The van der Waals surface area contributed by atoms with Gasteiger partial charge in [0.15, 0.2) is 0 Å². The molecule has 0 radical (unpaired) electrons. The van der Waals surface area contributed by atoms with E-state index in [9.17, 15) is 4.79 Å². The molecule has 0 unspecified atom stereocenters. The first-order chi connectivity index (χ1) is 7.66. The SMILES string of the molecule is O=C(O)[C@H]1CN(c2ccnc(Cl)n2)CCN1. The van der Waals surface area contributed by atoms with Gasteiger partial charge in [-0.1, -0.05) is 0 Å². The summed E-state index contributed by atoms with van der Waals surface area (Å²) in [5.74, 6) is -0.197. The monoisotopic (exact) mass is 242 g/mol. The van der Waals surface area contributed by atoms with Crippen LogP contribution in [0.5, 0.6) is 0 Å². The molecule has 0 aliphatic carbocycles. The predicted molar refractivity (Wildman–Crippen MR) is 58.7 cm³/mol. The lowest BCUT2D eigenvalue weighted by atomic mass is 10.2. The molecule has 1 aliphatic heterocycles. The van der Waals surface area contributed by atoms with Crippen molar-refractivity contribution in [2.45, 2.75) is 6.04 Å². The molecule has 1 fully saturated rings. The van der Waals surface area contributed by atoms with Crippen LogP contribution in [-0.2, 0) is 4.79 Å². The minimum atomic E-state index is -0.857. The molecule has 0 aromatic carbocycles. The highest BCUT2D eigenvalue weighted by Crippen LogP contribution is 2.14. The summed E-state index contributed by atoms with van der Waals surface area (Å²) in [7, 11) is 0. The van der Waals surface area contributed by atoms with E-state index in [1.807, 2.05) is 4.90 Å². The molecular weight excluding hydrogens is 232 g/mol. The number of piperazine rings is 1. The fourth-order valence-corrected chi connectivity index (χ4v) is 1.77. The van der Waals surface area contributed by atoms with Gasteiger partial charge < -0.3 is 15.3 Å². The van der Waals surface area contributed by atoms with Crippen molar-refractivity contribution < 1.29 is 9.90 Å². The second-order valence-electron chi connectivity index (χ2n) is 3.47. The van der Waals surface area contributed by atoms with Crippen LogP contribution in [-0.4, -0.2) is 46.7 Å². The fourth-order valence-electron chi connectivity index (χ4n) is 1.63. The number of aromatic nitrogens is 2. The fraction of sp³-hybridized carbons (Fsp3) is 0.444. The van der Waals surface area contributed by atoms with Gasteiger partial charge in [0.25, 0.3) is 0 Å². The van der Waals surface area contributed by atoms with Crippen molar-refractivity contribution in [2.75, 3.05) is 24.5 Å². The van der Waals surface area contributed by atoms with Crippen molar-refractivity contribution in [3.05, 3.63) is 17.5 Å². The van der Waals surface area contributed by atoms with Gasteiger partial charge >= 0.3 is 5.97 Å². The zero-order valence-electron chi connectivity index (χ0n) is 8.43. The minimum absolute atomic E-state index is 0.169. The Kier molecular flexibility index (Phi) is 3.21. The first-order valence-corrected chi connectivity index (χ1v) is 5.24. The van der Waals surface area contributed by atoms with E-state index >= 15 is 0 Å². The maximum absolute atomic E-state index is 10.9. The summed E-state index contributed by atoms with van der Waals surface area (Å²) >= 11 is 5.68. The Morgan fingerprint density at radius 3 is 3.19 bits per heavy atom. The molecule has 1 saturated heterocycles. The molecule has 1 aromatic rings. The Labute approximate surface area is 97.3 Å². The molecule has 1 aliphatic rings. The minimum Gasteiger partial charge on any atom is -0.480 e. The molecule has 2 N–H and O–H groups in total. The molecule has 0 amide bonds. The summed E-state index contributed by atoms with van der Waals surface area (Å²) in [6.07, 6.45) is 1.56. The van der Waals surface area contributed by atoms with Crippen molar-refractivity contribution in [1.29, 1.82) is 0 Å². The average Bonchev–Trinajstić information content (AvgIpc) is 2.29. The van der Waals surface area contributed by atoms with Crippen LogP contribution < -0.4 is 10.2 Å².